The van der Waals surface area contributed by atoms with Gasteiger partial charge in [-0.3, -0.25) is 0 Å². The molecule has 3 aliphatic rings. The Morgan fingerprint density at radius 2 is 1.94 bits per heavy atom. The van der Waals surface area contributed by atoms with Gasteiger partial charge in [-0.15, -0.1) is 0 Å². The number of rotatable bonds is 8. The highest BCUT2D eigenvalue weighted by Crippen LogP contribution is 2.32. The Morgan fingerprint density at radius 1 is 1.03 bits per heavy atom. The van der Waals surface area contributed by atoms with Crippen molar-refractivity contribution in [3.63, 3.8) is 0 Å². The van der Waals surface area contributed by atoms with Gasteiger partial charge in [-0.05, 0) is 61.6 Å². The van der Waals surface area contributed by atoms with Crippen molar-refractivity contribution in [1.82, 2.24) is 4.90 Å². The summed E-state index contributed by atoms with van der Waals surface area (Å²) in [5.74, 6) is 0.349. The Balaban J connectivity index is 1.44. The number of benzene rings is 1. The largest absolute Gasteiger partial charge is 0.362 e. The summed E-state index contributed by atoms with van der Waals surface area (Å²) in [6.07, 6.45) is 35.0. The number of hydrogen-bond acceptors (Lipinski definition) is 2. The normalized spacial score (nSPS) is 22.6. The minimum atomic E-state index is 0.349. The molecule has 0 amide bonds. The molecule has 2 atom stereocenters. The fourth-order valence-corrected chi connectivity index (χ4v) is 4.34. The van der Waals surface area contributed by atoms with Crippen molar-refractivity contribution >= 4 is 5.69 Å². The van der Waals surface area contributed by atoms with Crippen molar-refractivity contribution in [2.24, 2.45) is 5.92 Å². The fourth-order valence-electron chi connectivity index (χ4n) is 4.34. The maximum absolute atomic E-state index is 4.05. The van der Waals surface area contributed by atoms with E-state index in [0.29, 0.717) is 12.0 Å². The molecule has 0 spiro atoms. The van der Waals surface area contributed by atoms with Gasteiger partial charge in [-0.2, -0.15) is 0 Å². The molecule has 2 heteroatoms. The van der Waals surface area contributed by atoms with Gasteiger partial charge >= 0.3 is 0 Å². The van der Waals surface area contributed by atoms with E-state index >= 15 is 0 Å². The Kier molecular flexibility index (Phi) is 7.60. The van der Waals surface area contributed by atoms with Crippen LogP contribution in [0.1, 0.15) is 25.7 Å². The summed E-state index contributed by atoms with van der Waals surface area (Å²) in [4.78, 5) is 2.53. The van der Waals surface area contributed by atoms with Crippen LogP contribution >= 0.6 is 0 Å². The van der Waals surface area contributed by atoms with Gasteiger partial charge < -0.3 is 10.2 Å². The van der Waals surface area contributed by atoms with Gasteiger partial charge in [0, 0.05) is 29.2 Å². The SMILES string of the molecule is C=C/C(=C\C=C\Nc1ccccc1)C1C=CC(N(C2=CC=CCC2)C2C=CC=CC2)=CC1. The molecule has 0 radical (unpaired) electrons. The highest BCUT2D eigenvalue weighted by atomic mass is 15.2. The molecule has 1 aromatic carbocycles. The molecule has 0 bridgehead atoms. The molecule has 32 heavy (non-hydrogen) atoms. The molecule has 0 aromatic heterocycles. The summed E-state index contributed by atoms with van der Waals surface area (Å²) in [5.41, 5.74) is 5.02. The number of nitrogens with zero attached hydrogens (tertiary/aromatic N) is 1. The van der Waals surface area contributed by atoms with Gasteiger partial charge in [0.05, 0.1) is 6.04 Å². The summed E-state index contributed by atoms with van der Waals surface area (Å²) >= 11 is 0. The highest BCUT2D eigenvalue weighted by molar-refractivity contribution is 5.45. The van der Waals surface area contributed by atoms with Crippen LogP contribution in [0.4, 0.5) is 5.69 Å². The predicted octanol–water partition coefficient (Wildman–Crippen LogP) is 7.61. The van der Waals surface area contributed by atoms with Crippen LogP contribution in [0.2, 0.25) is 0 Å². The molecule has 1 N–H and O–H groups in total. The number of nitrogens with one attached hydrogen (secondary N) is 1. The van der Waals surface area contributed by atoms with Crippen molar-refractivity contribution < 1.29 is 0 Å². The second-order valence-electron chi connectivity index (χ2n) is 8.18. The van der Waals surface area contributed by atoms with Gasteiger partial charge in [0.15, 0.2) is 0 Å². The summed E-state index contributed by atoms with van der Waals surface area (Å²) in [6, 6.07) is 10.6. The van der Waals surface area contributed by atoms with E-state index in [1.165, 1.54) is 17.0 Å². The Bertz CT molecular complexity index is 1030. The summed E-state index contributed by atoms with van der Waals surface area (Å²) in [5, 5.41) is 3.30. The zero-order valence-corrected chi connectivity index (χ0v) is 18.6. The third-order valence-corrected chi connectivity index (χ3v) is 6.02. The molecule has 162 valence electrons. The van der Waals surface area contributed by atoms with Crippen LogP contribution in [-0.2, 0) is 0 Å². The summed E-state index contributed by atoms with van der Waals surface area (Å²) in [6.45, 7) is 4.05. The second-order valence-corrected chi connectivity index (χ2v) is 8.18. The minimum absolute atomic E-state index is 0.349. The van der Waals surface area contributed by atoms with Crippen molar-refractivity contribution in [3.05, 3.63) is 139 Å². The molecular weight excluding hydrogens is 388 g/mol. The van der Waals surface area contributed by atoms with Gasteiger partial charge in [-0.25, -0.2) is 0 Å². The average Bonchev–Trinajstić information content (AvgIpc) is 2.87. The summed E-state index contributed by atoms with van der Waals surface area (Å²) in [7, 11) is 0. The molecular formula is C30H32N2. The lowest BCUT2D eigenvalue weighted by molar-refractivity contribution is 0.354. The Hall–Kier alpha value is -3.52. The maximum atomic E-state index is 4.05. The molecule has 0 heterocycles. The highest BCUT2D eigenvalue weighted by Gasteiger charge is 2.23. The van der Waals surface area contributed by atoms with Crippen LogP contribution in [0.5, 0.6) is 0 Å². The fraction of sp³-hybridized carbons (Fsp3) is 0.200. The number of para-hydroxylation sites is 1. The van der Waals surface area contributed by atoms with Gasteiger partial charge in [-0.1, -0.05) is 85.5 Å². The van der Waals surface area contributed by atoms with Crippen molar-refractivity contribution in [1.29, 1.82) is 0 Å². The van der Waals surface area contributed by atoms with E-state index in [4.69, 9.17) is 0 Å². The van der Waals surface area contributed by atoms with Crippen LogP contribution in [0.25, 0.3) is 0 Å². The molecule has 1 aromatic rings. The summed E-state index contributed by atoms with van der Waals surface area (Å²) < 4.78 is 0. The van der Waals surface area contributed by atoms with Gasteiger partial charge in [0.2, 0.25) is 0 Å². The smallest absolute Gasteiger partial charge is 0.0556 e. The zero-order chi connectivity index (χ0) is 22.0. The average molecular weight is 421 g/mol. The Morgan fingerprint density at radius 3 is 2.62 bits per heavy atom. The van der Waals surface area contributed by atoms with Crippen molar-refractivity contribution in [3.8, 4) is 0 Å². The van der Waals surface area contributed by atoms with Crippen LogP contribution in [0.3, 0.4) is 0 Å². The molecule has 0 saturated carbocycles. The zero-order valence-electron chi connectivity index (χ0n) is 18.6. The first-order valence-corrected chi connectivity index (χ1v) is 11.5. The Labute approximate surface area is 192 Å². The van der Waals surface area contributed by atoms with E-state index in [1.807, 2.05) is 30.5 Å². The predicted molar refractivity (Wildman–Crippen MR) is 138 cm³/mol. The maximum Gasteiger partial charge on any atom is 0.0556 e. The van der Waals surface area contributed by atoms with E-state index in [-0.39, 0.29) is 0 Å². The monoisotopic (exact) mass is 420 g/mol. The molecule has 2 nitrogen and oxygen atoms in total. The standard InChI is InChI=1S/C30H32N2/c1-2-25(13-12-24-31-27-14-6-3-7-15-27)26-20-22-30(23-21-26)32(28-16-8-4-9-17-28)29-18-10-5-11-19-29/h2-10,12-16,18,20,22-24,26,28,31H,1,11,17,19,21H2/b24-12+,25-13+. The molecule has 2 unspecified atom stereocenters. The third-order valence-electron chi connectivity index (χ3n) is 6.02. The number of allylic oxidation sites excluding steroid dienone is 13. The quantitative estimate of drug-likeness (QED) is 0.435. The third kappa shape index (κ3) is 5.59. The number of anilines is 1. The molecule has 3 aliphatic carbocycles. The van der Waals surface area contributed by atoms with Crippen LogP contribution in [0, 0.1) is 5.92 Å². The molecule has 0 fully saturated rings. The number of hydrogen-bond donors (Lipinski definition) is 1. The van der Waals surface area contributed by atoms with Crippen LogP contribution in [0.15, 0.2) is 139 Å². The van der Waals surface area contributed by atoms with Crippen molar-refractivity contribution in [2.45, 2.75) is 31.7 Å². The van der Waals surface area contributed by atoms with E-state index in [0.717, 1.165) is 31.4 Å². The lowest BCUT2D eigenvalue weighted by Crippen LogP contribution is -2.33. The van der Waals surface area contributed by atoms with Crippen molar-refractivity contribution in [2.75, 3.05) is 5.32 Å². The molecule has 0 saturated heterocycles. The van der Waals surface area contributed by atoms with Crippen LogP contribution < -0.4 is 5.32 Å². The molecule has 0 aliphatic heterocycles. The van der Waals surface area contributed by atoms with Gasteiger partial charge in [0.25, 0.3) is 0 Å². The minimum Gasteiger partial charge on any atom is -0.362 e. The van der Waals surface area contributed by atoms with E-state index in [9.17, 15) is 0 Å². The van der Waals surface area contributed by atoms with E-state index in [2.05, 4.69) is 102 Å². The topological polar surface area (TPSA) is 15.3 Å². The lowest BCUT2D eigenvalue weighted by atomic mass is 9.90. The van der Waals surface area contributed by atoms with E-state index in [1.54, 1.807) is 0 Å². The van der Waals surface area contributed by atoms with Gasteiger partial charge in [0.1, 0.15) is 0 Å². The molecule has 4 rings (SSSR count). The van der Waals surface area contributed by atoms with E-state index < -0.39 is 0 Å². The first-order chi connectivity index (χ1) is 15.8. The first kappa shape index (κ1) is 21.7. The first-order valence-electron chi connectivity index (χ1n) is 11.5. The lowest BCUT2D eigenvalue weighted by Gasteiger charge is -2.37. The van der Waals surface area contributed by atoms with Crippen LogP contribution in [-0.4, -0.2) is 10.9 Å². The second kappa shape index (κ2) is 11.2.